The van der Waals surface area contributed by atoms with Crippen LogP contribution in [0.15, 0.2) is 54.6 Å². The number of hydrazine groups is 1. The van der Waals surface area contributed by atoms with E-state index in [2.05, 4.69) is 28.3 Å². The molecule has 0 saturated carbocycles. The average molecular weight is 387 g/mol. The first-order valence-corrected chi connectivity index (χ1v) is 9.17. The van der Waals surface area contributed by atoms with Gasteiger partial charge in [0.2, 0.25) is 0 Å². The van der Waals surface area contributed by atoms with Crippen LogP contribution in [0, 0.1) is 0 Å². The molecule has 0 bridgehead atoms. The molecule has 0 radical (unpaired) electrons. The van der Waals surface area contributed by atoms with E-state index in [0.717, 1.165) is 18.5 Å². The third-order valence-electron chi connectivity index (χ3n) is 3.73. The van der Waals surface area contributed by atoms with Gasteiger partial charge in [-0.1, -0.05) is 48.5 Å². The lowest BCUT2D eigenvalue weighted by atomic mass is 10.0. The number of nitrogens with zero attached hydrogens (tertiary/aromatic N) is 1. The van der Waals surface area contributed by atoms with Gasteiger partial charge in [0, 0.05) is 19.5 Å². The van der Waals surface area contributed by atoms with Crippen molar-refractivity contribution < 1.29 is 9.53 Å². The summed E-state index contributed by atoms with van der Waals surface area (Å²) in [5.41, 5.74) is 7.42. The first-order chi connectivity index (χ1) is 13.0. The molecule has 6 nitrogen and oxygen atoms in total. The minimum atomic E-state index is -0.304. The molecule has 0 spiro atoms. The van der Waals surface area contributed by atoms with Crippen LogP contribution < -0.4 is 20.9 Å². The molecule has 0 aliphatic rings. The molecule has 1 amide bonds. The molecule has 2 rings (SSSR count). The first kappa shape index (κ1) is 20.7. The van der Waals surface area contributed by atoms with E-state index in [9.17, 15) is 4.79 Å². The Morgan fingerprint density at radius 1 is 1.04 bits per heavy atom. The molecule has 144 valence electrons. The summed E-state index contributed by atoms with van der Waals surface area (Å²) in [5.74, 6) is 0.393. The van der Waals surface area contributed by atoms with Gasteiger partial charge in [-0.15, -0.1) is 0 Å². The van der Waals surface area contributed by atoms with E-state index in [4.69, 9.17) is 17.0 Å². The molecular formula is C20H26N4O2S. The number of ether oxygens (including phenoxy) is 1. The third-order valence-corrected chi connectivity index (χ3v) is 3.98. The van der Waals surface area contributed by atoms with Crippen molar-refractivity contribution in [1.82, 2.24) is 21.1 Å². The fourth-order valence-electron chi connectivity index (χ4n) is 2.35. The Bertz CT molecular complexity index is 738. The molecule has 0 aliphatic carbocycles. The van der Waals surface area contributed by atoms with Gasteiger partial charge in [0.05, 0.1) is 0 Å². The summed E-state index contributed by atoms with van der Waals surface area (Å²) >= 11 is 5.10. The number of carbonyl (C=O) groups excluding carboxylic acids is 1. The van der Waals surface area contributed by atoms with Gasteiger partial charge >= 0.3 is 0 Å². The number of hydrogen-bond donors (Lipinski definition) is 3. The number of hydrogen-bond acceptors (Lipinski definition) is 4. The number of carbonyl (C=O) groups is 1. The summed E-state index contributed by atoms with van der Waals surface area (Å²) in [4.78, 5) is 14.0. The van der Waals surface area contributed by atoms with Gasteiger partial charge in [0.1, 0.15) is 5.75 Å². The molecule has 27 heavy (non-hydrogen) atoms. The number of likely N-dealkylation sites (N-methyl/N-ethyl adjacent to an activating group) is 1. The van der Waals surface area contributed by atoms with Crippen LogP contribution in [0.5, 0.6) is 5.75 Å². The van der Waals surface area contributed by atoms with Crippen LogP contribution in [-0.4, -0.2) is 49.7 Å². The molecule has 0 aliphatic heterocycles. The molecule has 0 atom stereocenters. The van der Waals surface area contributed by atoms with Gasteiger partial charge < -0.3 is 15.0 Å². The third kappa shape index (κ3) is 8.06. The van der Waals surface area contributed by atoms with Crippen LogP contribution in [0.3, 0.4) is 0 Å². The van der Waals surface area contributed by atoms with Crippen LogP contribution >= 0.6 is 12.2 Å². The van der Waals surface area contributed by atoms with E-state index in [-0.39, 0.29) is 12.5 Å². The van der Waals surface area contributed by atoms with Gasteiger partial charge in [-0.3, -0.25) is 15.6 Å². The van der Waals surface area contributed by atoms with Gasteiger partial charge in [-0.25, -0.2) is 0 Å². The molecular weight excluding hydrogens is 360 g/mol. The van der Waals surface area contributed by atoms with Crippen molar-refractivity contribution in [2.45, 2.75) is 6.42 Å². The minimum Gasteiger partial charge on any atom is -0.483 e. The van der Waals surface area contributed by atoms with Gasteiger partial charge in [0.15, 0.2) is 11.7 Å². The zero-order valence-electron chi connectivity index (χ0n) is 15.7. The van der Waals surface area contributed by atoms with E-state index in [1.54, 1.807) is 0 Å². The lowest BCUT2D eigenvalue weighted by Gasteiger charge is -2.15. The fourth-order valence-corrected chi connectivity index (χ4v) is 2.50. The summed E-state index contributed by atoms with van der Waals surface area (Å²) in [7, 11) is 3.96. The highest BCUT2D eigenvalue weighted by molar-refractivity contribution is 7.80. The smallest absolute Gasteiger partial charge is 0.276 e. The molecule has 0 unspecified atom stereocenters. The minimum absolute atomic E-state index is 0.0981. The van der Waals surface area contributed by atoms with Gasteiger partial charge in [-0.05, 0) is 43.5 Å². The average Bonchev–Trinajstić information content (AvgIpc) is 2.66. The fraction of sp³-hybridized carbons (Fsp3) is 0.300. The van der Waals surface area contributed by atoms with Crippen molar-refractivity contribution in [3.8, 4) is 5.75 Å². The van der Waals surface area contributed by atoms with Crippen molar-refractivity contribution in [2.24, 2.45) is 0 Å². The SMILES string of the molecule is CN(C)CCNC(=S)NNC(=O)COc1ccccc1Cc1ccccc1. The number of rotatable bonds is 8. The van der Waals surface area contributed by atoms with Crippen LogP contribution in [-0.2, 0) is 11.2 Å². The van der Waals surface area contributed by atoms with Crippen molar-refractivity contribution in [3.05, 3.63) is 65.7 Å². The normalized spacial score (nSPS) is 10.3. The molecule has 0 aromatic heterocycles. The second-order valence-electron chi connectivity index (χ2n) is 6.29. The zero-order valence-corrected chi connectivity index (χ0v) is 16.5. The van der Waals surface area contributed by atoms with E-state index < -0.39 is 0 Å². The van der Waals surface area contributed by atoms with E-state index >= 15 is 0 Å². The number of benzene rings is 2. The number of nitrogens with one attached hydrogen (secondary N) is 3. The van der Waals surface area contributed by atoms with E-state index in [1.165, 1.54) is 5.56 Å². The highest BCUT2D eigenvalue weighted by Crippen LogP contribution is 2.21. The molecule has 0 heterocycles. The van der Waals surface area contributed by atoms with Crippen LogP contribution in [0.2, 0.25) is 0 Å². The summed E-state index contributed by atoms with van der Waals surface area (Å²) in [6.45, 7) is 1.44. The number of thiocarbonyl (C=S) groups is 1. The summed E-state index contributed by atoms with van der Waals surface area (Å²) in [6, 6.07) is 17.9. The zero-order chi connectivity index (χ0) is 19.5. The topological polar surface area (TPSA) is 65.6 Å². The molecule has 0 fully saturated rings. The second-order valence-corrected chi connectivity index (χ2v) is 6.70. The second kappa shape index (κ2) is 11.2. The monoisotopic (exact) mass is 386 g/mol. The predicted molar refractivity (Wildman–Crippen MR) is 112 cm³/mol. The standard InChI is InChI=1S/C20H26N4O2S/c1-24(2)13-12-21-20(27)23-22-19(25)15-26-18-11-7-6-10-17(18)14-16-8-4-3-5-9-16/h3-11H,12-15H2,1-2H3,(H,22,25)(H2,21,23,27). The Labute approximate surface area is 165 Å². The van der Waals surface area contributed by atoms with E-state index in [1.807, 2.05) is 61.5 Å². The van der Waals surface area contributed by atoms with Gasteiger partial charge in [0.25, 0.3) is 5.91 Å². The maximum atomic E-state index is 12.0. The number of amides is 1. The maximum Gasteiger partial charge on any atom is 0.276 e. The molecule has 2 aromatic rings. The van der Waals surface area contributed by atoms with Crippen LogP contribution in [0.25, 0.3) is 0 Å². The Hall–Kier alpha value is -2.64. The van der Waals surface area contributed by atoms with Crippen molar-refractivity contribution in [2.75, 3.05) is 33.8 Å². The van der Waals surface area contributed by atoms with Crippen LogP contribution in [0.1, 0.15) is 11.1 Å². The van der Waals surface area contributed by atoms with Crippen LogP contribution in [0.4, 0.5) is 0 Å². The number of para-hydroxylation sites is 1. The predicted octanol–water partition coefficient (Wildman–Crippen LogP) is 1.71. The quantitative estimate of drug-likeness (QED) is 0.474. The Balaban J connectivity index is 1.77. The Kier molecular flexibility index (Phi) is 8.54. The lowest BCUT2D eigenvalue weighted by Crippen LogP contribution is -2.49. The van der Waals surface area contributed by atoms with Gasteiger partial charge in [-0.2, -0.15) is 0 Å². The Morgan fingerprint density at radius 3 is 2.48 bits per heavy atom. The maximum absolute atomic E-state index is 12.0. The summed E-state index contributed by atoms with van der Waals surface area (Å²) < 4.78 is 5.69. The lowest BCUT2D eigenvalue weighted by molar-refractivity contribution is -0.123. The van der Waals surface area contributed by atoms with Crippen molar-refractivity contribution in [3.63, 3.8) is 0 Å². The highest BCUT2D eigenvalue weighted by Gasteiger charge is 2.08. The summed E-state index contributed by atoms with van der Waals surface area (Å²) in [6.07, 6.45) is 0.747. The Morgan fingerprint density at radius 2 is 1.74 bits per heavy atom. The van der Waals surface area contributed by atoms with Crippen molar-refractivity contribution in [1.29, 1.82) is 0 Å². The largest absolute Gasteiger partial charge is 0.483 e. The molecule has 3 N–H and O–H groups in total. The summed E-state index contributed by atoms with van der Waals surface area (Å²) in [5, 5.41) is 3.37. The first-order valence-electron chi connectivity index (χ1n) is 8.76. The highest BCUT2D eigenvalue weighted by atomic mass is 32.1. The van der Waals surface area contributed by atoms with Crippen molar-refractivity contribution >= 4 is 23.2 Å². The molecule has 0 saturated heterocycles. The molecule has 2 aromatic carbocycles. The molecule has 7 heteroatoms. The van der Waals surface area contributed by atoms with E-state index in [0.29, 0.717) is 17.4 Å².